The molecule has 1 fully saturated rings. The molecule has 0 bridgehead atoms. The molecular formula is C11H14ClN3O4. The van der Waals surface area contributed by atoms with Gasteiger partial charge in [0.05, 0.1) is 0 Å². The molecule has 1 aromatic rings. The molecule has 104 valence electrons. The fraction of sp³-hybridized carbons (Fsp3) is 0.545. The van der Waals surface area contributed by atoms with Crippen molar-refractivity contribution >= 4 is 17.7 Å². The number of likely N-dealkylation sites (tertiary alicyclic amines) is 1. The van der Waals surface area contributed by atoms with Gasteiger partial charge >= 0.3 is 11.8 Å². The van der Waals surface area contributed by atoms with Gasteiger partial charge in [-0.2, -0.15) is 0 Å². The van der Waals surface area contributed by atoms with E-state index in [2.05, 4.69) is 4.98 Å². The second kappa shape index (κ2) is 5.48. The SMILES string of the molecule is O=C(O)N1CCC[C@H](Cn2c(Cl)cc(=O)[nH]c2=O)C1. The van der Waals surface area contributed by atoms with Crippen molar-refractivity contribution in [2.45, 2.75) is 19.4 Å². The number of halogens is 1. The van der Waals surface area contributed by atoms with Crippen molar-refractivity contribution in [2.24, 2.45) is 5.92 Å². The van der Waals surface area contributed by atoms with E-state index < -0.39 is 17.3 Å². The number of H-pyrrole nitrogens is 1. The second-order valence-electron chi connectivity index (χ2n) is 4.61. The molecule has 0 saturated carbocycles. The van der Waals surface area contributed by atoms with Gasteiger partial charge in [0.15, 0.2) is 0 Å². The first-order valence-corrected chi connectivity index (χ1v) is 6.32. The molecule has 1 saturated heterocycles. The highest BCUT2D eigenvalue weighted by atomic mass is 35.5. The van der Waals surface area contributed by atoms with Crippen molar-refractivity contribution in [2.75, 3.05) is 13.1 Å². The number of amides is 1. The van der Waals surface area contributed by atoms with E-state index in [1.54, 1.807) is 0 Å². The summed E-state index contributed by atoms with van der Waals surface area (Å²) in [6.45, 7) is 1.19. The number of aromatic amines is 1. The molecule has 7 nitrogen and oxygen atoms in total. The summed E-state index contributed by atoms with van der Waals surface area (Å²) in [7, 11) is 0. The lowest BCUT2D eigenvalue weighted by Crippen LogP contribution is -2.42. The lowest BCUT2D eigenvalue weighted by atomic mass is 9.98. The first-order valence-electron chi connectivity index (χ1n) is 5.95. The molecule has 2 N–H and O–H groups in total. The molecule has 0 aromatic carbocycles. The van der Waals surface area contributed by atoms with Crippen molar-refractivity contribution in [1.82, 2.24) is 14.5 Å². The summed E-state index contributed by atoms with van der Waals surface area (Å²) in [6, 6.07) is 1.14. The van der Waals surface area contributed by atoms with Crippen LogP contribution in [-0.4, -0.2) is 38.7 Å². The maximum absolute atomic E-state index is 11.6. The average Bonchev–Trinajstić information content (AvgIpc) is 2.34. The van der Waals surface area contributed by atoms with E-state index in [0.29, 0.717) is 19.6 Å². The van der Waals surface area contributed by atoms with Crippen molar-refractivity contribution in [3.05, 3.63) is 32.1 Å². The zero-order valence-corrected chi connectivity index (χ0v) is 10.9. The van der Waals surface area contributed by atoms with Gasteiger partial charge in [-0.1, -0.05) is 11.6 Å². The molecule has 0 spiro atoms. The third kappa shape index (κ3) is 3.17. The third-order valence-corrected chi connectivity index (χ3v) is 3.53. The number of carboxylic acid groups (broad SMARTS) is 1. The Hall–Kier alpha value is -1.76. The van der Waals surface area contributed by atoms with E-state index in [1.165, 1.54) is 9.47 Å². The highest BCUT2D eigenvalue weighted by Gasteiger charge is 2.24. The first-order chi connectivity index (χ1) is 8.97. The summed E-state index contributed by atoms with van der Waals surface area (Å²) in [5.41, 5.74) is -1.10. The Morgan fingerprint density at radius 3 is 2.89 bits per heavy atom. The predicted octanol–water partition coefficient (Wildman–Crippen LogP) is 0.580. The van der Waals surface area contributed by atoms with Crippen LogP contribution >= 0.6 is 11.6 Å². The fourth-order valence-corrected chi connectivity index (χ4v) is 2.55. The minimum absolute atomic E-state index is 0.0194. The number of hydrogen-bond acceptors (Lipinski definition) is 3. The van der Waals surface area contributed by atoms with Crippen LogP contribution in [-0.2, 0) is 6.54 Å². The Balaban J connectivity index is 2.15. The highest BCUT2D eigenvalue weighted by Crippen LogP contribution is 2.19. The van der Waals surface area contributed by atoms with Gasteiger partial charge in [0.2, 0.25) is 0 Å². The Kier molecular flexibility index (Phi) is 3.94. The number of rotatable bonds is 2. The first kappa shape index (κ1) is 13.7. The van der Waals surface area contributed by atoms with Crippen LogP contribution in [0.5, 0.6) is 0 Å². The van der Waals surface area contributed by atoms with Gasteiger partial charge in [-0.3, -0.25) is 14.3 Å². The largest absolute Gasteiger partial charge is 0.465 e. The molecule has 0 unspecified atom stereocenters. The zero-order chi connectivity index (χ0) is 14.0. The fourth-order valence-electron chi connectivity index (χ4n) is 2.31. The van der Waals surface area contributed by atoms with Gasteiger partial charge < -0.3 is 10.0 Å². The molecule has 1 atom stereocenters. The molecular weight excluding hydrogens is 274 g/mol. The lowest BCUT2D eigenvalue weighted by Gasteiger charge is -2.31. The summed E-state index contributed by atoms with van der Waals surface area (Å²) in [5.74, 6) is 0.0194. The monoisotopic (exact) mass is 287 g/mol. The summed E-state index contributed by atoms with van der Waals surface area (Å²) in [4.78, 5) is 37.1. The third-order valence-electron chi connectivity index (χ3n) is 3.21. The standard InChI is InChI=1S/C11H14ClN3O4/c12-8-4-9(16)13-10(17)15(8)6-7-2-1-3-14(5-7)11(18)19/h4,7H,1-3,5-6H2,(H,18,19)(H,13,16,17)/t7-/m0/s1. The highest BCUT2D eigenvalue weighted by molar-refractivity contribution is 6.29. The summed E-state index contributed by atoms with van der Waals surface area (Å²) in [5, 5.41) is 9.02. The number of carbonyl (C=O) groups is 1. The van der Waals surface area contributed by atoms with Crippen LogP contribution in [0.1, 0.15) is 12.8 Å². The minimum atomic E-state index is -0.954. The summed E-state index contributed by atoms with van der Waals surface area (Å²) < 4.78 is 1.26. The van der Waals surface area contributed by atoms with Crippen molar-refractivity contribution in [1.29, 1.82) is 0 Å². The average molecular weight is 288 g/mol. The van der Waals surface area contributed by atoms with Crippen LogP contribution in [0.3, 0.4) is 0 Å². The van der Waals surface area contributed by atoms with Crippen LogP contribution in [0.2, 0.25) is 5.15 Å². The van der Waals surface area contributed by atoms with Gasteiger partial charge in [0.1, 0.15) is 5.15 Å². The molecule has 1 amide bonds. The van der Waals surface area contributed by atoms with E-state index in [-0.39, 0.29) is 11.1 Å². The van der Waals surface area contributed by atoms with Crippen LogP contribution < -0.4 is 11.2 Å². The molecule has 1 aromatic heterocycles. The van der Waals surface area contributed by atoms with E-state index in [4.69, 9.17) is 16.7 Å². The zero-order valence-electron chi connectivity index (χ0n) is 10.1. The topological polar surface area (TPSA) is 95.4 Å². The quantitative estimate of drug-likeness (QED) is 0.778. The van der Waals surface area contributed by atoms with Crippen LogP contribution in [0, 0.1) is 5.92 Å². The summed E-state index contributed by atoms with van der Waals surface area (Å²) >= 11 is 5.87. The molecule has 2 rings (SSSR count). The minimum Gasteiger partial charge on any atom is -0.465 e. The summed E-state index contributed by atoms with van der Waals surface area (Å²) in [6.07, 6.45) is 0.628. The second-order valence-corrected chi connectivity index (χ2v) is 5.00. The van der Waals surface area contributed by atoms with E-state index in [0.717, 1.165) is 18.9 Å². The number of nitrogens with one attached hydrogen (secondary N) is 1. The number of aromatic nitrogens is 2. The van der Waals surface area contributed by atoms with E-state index >= 15 is 0 Å². The van der Waals surface area contributed by atoms with Gasteiger partial charge in [-0.15, -0.1) is 0 Å². The maximum Gasteiger partial charge on any atom is 0.407 e. The number of hydrogen-bond donors (Lipinski definition) is 2. The van der Waals surface area contributed by atoms with Crippen LogP contribution in [0.15, 0.2) is 15.7 Å². The Bertz CT molecular complexity index is 594. The molecule has 2 heterocycles. The molecule has 1 aliphatic heterocycles. The van der Waals surface area contributed by atoms with E-state index in [9.17, 15) is 14.4 Å². The Labute approximate surface area is 113 Å². The van der Waals surface area contributed by atoms with Crippen LogP contribution in [0.4, 0.5) is 4.79 Å². The Morgan fingerprint density at radius 1 is 1.53 bits per heavy atom. The number of piperidine rings is 1. The molecule has 8 heteroatoms. The molecule has 0 radical (unpaired) electrons. The van der Waals surface area contributed by atoms with Gasteiger partial charge in [0.25, 0.3) is 5.56 Å². The number of nitrogens with zero attached hydrogens (tertiary/aromatic N) is 2. The van der Waals surface area contributed by atoms with Crippen molar-refractivity contribution in [3.63, 3.8) is 0 Å². The normalized spacial score (nSPS) is 19.4. The Morgan fingerprint density at radius 2 is 2.26 bits per heavy atom. The molecule has 19 heavy (non-hydrogen) atoms. The van der Waals surface area contributed by atoms with Gasteiger partial charge in [-0.05, 0) is 18.8 Å². The van der Waals surface area contributed by atoms with Crippen molar-refractivity contribution in [3.8, 4) is 0 Å². The lowest BCUT2D eigenvalue weighted by molar-refractivity contribution is 0.116. The predicted molar refractivity (Wildman–Crippen MR) is 68.7 cm³/mol. The molecule has 1 aliphatic rings. The molecule has 0 aliphatic carbocycles. The van der Waals surface area contributed by atoms with Gasteiger partial charge in [0, 0.05) is 25.7 Å². The van der Waals surface area contributed by atoms with Gasteiger partial charge in [-0.25, -0.2) is 9.59 Å². The van der Waals surface area contributed by atoms with E-state index in [1.807, 2.05) is 0 Å². The van der Waals surface area contributed by atoms with Crippen LogP contribution in [0.25, 0.3) is 0 Å². The van der Waals surface area contributed by atoms with Crippen molar-refractivity contribution < 1.29 is 9.90 Å². The maximum atomic E-state index is 11.6. The smallest absolute Gasteiger partial charge is 0.407 e.